The first kappa shape index (κ1) is 21.6. The molecular formula is C20H24ClN3O4S. The number of nitrogens with zero attached hydrogens (tertiary/aromatic N) is 2. The average Bonchev–Trinajstić information content (AvgIpc) is 2.69. The molecule has 0 atom stereocenters. The lowest BCUT2D eigenvalue weighted by atomic mass is 10.2. The fourth-order valence-electron chi connectivity index (χ4n) is 3.21. The summed E-state index contributed by atoms with van der Waals surface area (Å²) in [6, 6.07) is 12.5. The number of halogens is 1. The Hall–Kier alpha value is -2.13. The number of ether oxygens (including phenoxy) is 1. The van der Waals surface area contributed by atoms with Crippen molar-refractivity contribution in [3.05, 3.63) is 58.6 Å². The summed E-state index contributed by atoms with van der Waals surface area (Å²) in [5.74, 6) is 0.271. The van der Waals surface area contributed by atoms with E-state index in [-0.39, 0.29) is 13.1 Å². The Morgan fingerprint density at radius 2 is 1.90 bits per heavy atom. The Balaban J connectivity index is 1.69. The van der Waals surface area contributed by atoms with Gasteiger partial charge in [-0.1, -0.05) is 29.8 Å². The van der Waals surface area contributed by atoms with Gasteiger partial charge in [0.25, 0.3) is 10.2 Å². The minimum absolute atomic E-state index is 0.227. The standard InChI is InChI=1S/C20H24ClN3O4S/c1-15-18(21)8-4-9-19(15)22-20(25)14-24-11-5-10-23(29(24,26)27)13-16-6-3-7-17(12-16)28-2/h3-4,6-9,12H,5,10-11,13-14H2,1-2H3,(H,22,25). The topological polar surface area (TPSA) is 79.0 Å². The average molecular weight is 438 g/mol. The van der Waals surface area contributed by atoms with Crippen molar-refractivity contribution in [2.24, 2.45) is 0 Å². The fourth-order valence-corrected chi connectivity index (χ4v) is 5.02. The van der Waals surface area contributed by atoms with E-state index in [4.69, 9.17) is 16.3 Å². The normalized spacial score (nSPS) is 17.1. The van der Waals surface area contributed by atoms with Crippen LogP contribution in [0.2, 0.25) is 5.02 Å². The summed E-state index contributed by atoms with van der Waals surface area (Å²) < 4.78 is 33.8. The first-order valence-corrected chi connectivity index (χ1v) is 11.0. The predicted octanol–water partition coefficient (Wildman–Crippen LogP) is 3.05. The van der Waals surface area contributed by atoms with Crippen molar-refractivity contribution in [3.8, 4) is 5.75 Å². The zero-order valence-corrected chi connectivity index (χ0v) is 18.0. The molecule has 2 aromatic carbocycles. The summed E-state index contributed by atoms with van der Waals surface area (Å²) in [5, 5.41) is 3.29. The Labute approximate surface area is 176 Å². The largest absolute Gasteiger partial charge is 0.497 e. The Kier molecular flexibility index (Phi) is 6.79. The number of carbonyl (C=O) groups excluding carboxylic acids is 1. The van der Waals surface area contributed by atoms with Gasteiger partial charge in [-0.2, -0.15) is 17.0 Å². The number of amides is 1. The molecule has 0 radical (unpaired) electrons. The summed E-state index contributed by atoms with van der Waals surface area (Å²) in [6.45, 7) is 2.49. The van der Waals surface area contributed by atoms with Crippen LogP contribution in [0, 0.1) is 6.92 Å². The molecule has 1 N–H and O–H groups in total. The van der Waals surface area contributed by atoms with Gasteiger partial charge in [0.2, 0.25) is 5.91 Å². The molecule has 9 heteroatoms. The third-order valence-electron chi connectivity index (χ3n) is 4.82. The Morgan fingerprint density at radius 1 is 1.17 bits per heavy atom. The highest BCUT2D eigenvalue weighted by Crippen LogP contribution is 2.24. The Morgan fingerprint density at radius 3 is 2.66 bits per heavy atom. The maximum atomic E-state index is 13.0. The lowest BCUT2D eigenvalue weighted by Gasteiger charge is -2.34. The summed E-state index contributed by atoms with van der Waals surface area (Å²) in [5.41, 5.74) is 2.14. The zero-order valence-electron chi connectivity index (χ0n) is 16.4. The number of hydrogen-bond donors (Lipinski definition) is 1. The van der Waals surface area contributed by atoms with Crippen LogP contribution in [0.1, 0.15) is 17.5 Å². The van der Waals surface area contributed by atoms with Crippen molar-refractivity contribution in [3.63, 3.8) is 0 Å². The van der Waals surface area contributed by atoms with Crippen LogP contribution >= 0.6 is 11.6 Å². The van der Waals surface area contributed by atoms with Gasteiger partial charge in [0.05, 0.1) is 13.7 Å². The molecule has 1 aliphatic heterocycles. The molecule has 0 aromatic heterocycles. The van der Waals surface area contributed by atoms with Crippen LogP contribution < -0.4 is 10.1 Å². The smallest absolute Gasteiger partial charge is 0.282 e. The first-order chi connectivity index (χ1) is 13.8. The molecular weight excluding hydrogens is 414 g/mol. The number of carbonyl (C=O) groups is 1. The van der Waals surface area contributed by atoms with Gasteiger partial charge in [0.15, 0.2) is 0 Å². The maximum Gasteiger partial charge on any atom is 0.282 e. The summed E-state index contributed by atoms with van der Waals surface area (Å²) in [7, 11) is -2.18. The van der Waals surface area contributed by atoms with Gasteiger partial charge in [0, 0.05) is 30.3 Å². The second-order valence-electron chi connectivity index (χ2n) is 6.84. The zero-order chi connectivity index (χ0) is 21.0. The minimum Gasteiger partial charge on any atom is -0.497 e. The molecule has 0 unspecified atom stereocenters. The molecule has 7 nitrogen and oxygen atoms in total. The van der Waals surface area contributed by atoms with Crippen molar-refractivity contribution < 1.29 is 17.9 Å². The van der Waals surface area contributed by atoms with Crippen LogP contribution in [0.3, 0.4) is 0 Å². The Bertz CT molecular complexity index is 997. The number of methoxy groups -OCH3 is 1. The molecule has 0 saturated carbocycles. The highest BCUT2D eigenvalue weighted by molar-refractivity contribution is 7.86. The third-order valence-corrected chi connectivity index (χ3v) is 7.16. The van der Waals surface area contributed by atoms with Crippen LogP contribution in [0.25, 0.3) is 0 Å². The van der Waals surface area contributed by atoms with Gasteiger partial charge in [-0.3, -0.25) is 4.79 Å². The lowest BCUT2D eigenvalue weighted by Crippen LogP contribution is -2.51. The number of benzene rings is 2. The monoisotopic (exact) mass is 437 g/mol. The van der Waals surface area contributed by atoms with Crippen LogP contribution in [0.5, 0.6) is 5.75 Å². The van der Waals surface area contributed by atoms with Gasteiger partial charge < -0.3 is 10.1 Å². The van der Waals surface area contributed by atoms with E-state index in [1.807, 2.05) is 24.3 Å². The van der Waals surface area contributed by atoms with E-state index < -0.39 is 16.1 Å². The molecule has 1 saturated heterocycles. The van der Waals surface area contributed by atoms with E-state index in [9.17, 15) is 13.2 Å². The number of rotatable bonds is 6. The molecule has 1 amide bonds. The predicted molar refractivity (Wildman–Crippen MR) is 113 cm³/mol. The van der Waals surface area contributed by atoms with E-state index in [0.29, 0.717) is 36.0 Å². The van der Waals surface area contributed by atoms with Crippen LogP contribution in [-0.2, 0) is 21.5 Å². The number of hydrogen-bond acceptors (Lipinski definition) is 4. The van der Waals surface area contributed by atoms with Crippen molar-refractivity contribution in [1.29, 1.82) is 0 Å². The third kappa shape index (κ3) is 5.08. The van der Waals surface area contributed by atoms with Gasteiger partial charge in [-0.15, -0.1) is 0 Å². The van der Waals surface area contributed by atoms with Crippen molar-refractivity contribution in [2.45, 2.75) is 19.9 Å². The summed E-state index contributed by atoms with van der Waals surface area (Å²) in [4.78, 5) is 12.5. The first-order valence-electron chi connectivity index (χ1n) is 9.24. The van der Waals surface area contributed by atoms with Gasteiger partial charge in [-0.05, 0) is 48.7 Å². The highest BCUT2D eigenvalue weighted by atomic mass is 35.5. The molecule has 0 spiro atoms. The van der Waals surface area contributed by atoms with E-state index in [2.05, 4.69) is 5.32 Å². The van der Waals surface area contributed by atoms with Gasteiger partial charge in [0.1, 0.15) is 5.75 Å². The molecule has 0 bridgehead atoms. The van der Waals surface area contributed by atoms with Crippen LogP contribution in [0.4, 0.5) is 5.69 Å². The second-order valence-corrected chi connectivity index (χ2v) is 9.18. The van der Waals surface area contributed by atoms with Gasteiger partial charge in [-0.25, -0.2) is 0 Å². The molecule has 2 aromatic rings. The fraction of sp³-hybridized carbons (Fsp3) is 0.350. The number of nitrogens with one attached hydrogen (secondary N) is 1. The molecule has 29 heavy (non-hydrogen) atoms. The van der Waals surface area contributed by atoms with E-state index >= 15 is 0 Å². The van der Waals surface area contributed by atoms with Crippen molar-refractivity contribution in [1.82, 2.24) is 8.61 Å². The maximum absolute atomic E-state index is 13.0. The molecule has 1 fully saturated rings. The van der Waals surface area contributed by atoms with E-state index in [0.717, 1.165) is 11.1 Å². The summed E-state index contributed by atoms with van der Waals surface area (Å²) >= 11 is 6.08. The van der Waals surface area contributed by atoms with Crippen LogP contribution in [0.15, 0.2) is 42.5 Å². The molecule has 3 rings (SSSR count). The summed E-state index contributed by atoms with van der Waals surface area (Å²) in [6.07, 6.45) is 0.646. The van der Waals surface area contributed by atoms with Gasteiger partial charge >= 0.3 is 0 Å². The van der Waals surface area contributed by atoms with Crippen molar-refractivity contribution in [2.75, 3.05) is 32.1 Å². The second kappa shape index (κ2) is 9.13. The minimum atomic E-state index is -3.75. The van der Waals surface area contributed by atoms with E-state index in [1.165, 1.54) is 8.61 Å². The highest BCUT2D eigenvalue weighted by Gasteiger charge is 2.34. The molecule has 0 aliphatic carbocycles. The van der Waals surface area contributed by atoms with Crippen molar-refractivity contribution >= 4 is 33.4 Å². The molecule has 1 aliphatic rings. The molecule has 1 heterocycles. The number of anilines is 1. The quantitative estimate of drug-likeness (QED) is 0.753. The van der Waals surface area contributed by atoms with E-state index in [1.54, 1.807) is 32.2 Å². The molecule has 156 valence electrons. The van der Waals surface area contributed by atoms with Crippen LogP contribution in [-0.4, -0.2) is 49.7 Å². The lowest BCUT2D eigenvalue weighted by molar-refractivity contribution is -0.116. The SMILES string of the molecule is COc1cccc(CN2CCCN(CC(=O)Nc3cccc(Cl)c3C)S2(=O)=O)c1.